The quantitative estimate of drug-likeness (QED) is 0.240. The molecule has 1 amide bonds. The highest BCUT2D eigenvalue weighted by atomic mass is 19.1. The van der Waals surface area contributed by atoms with Gasteiger partial charge in [-0.2, -0.15) is 5.10 Å². The van der Waals surface area contributed by atoms with Crippen molar-refractivity contribution in [3.63, 3.8) is 0 Å². The molecule has 1 aliphatic carbocycles. The number of nitrogens with zero attached hydrogens (tertiary/aromatic N) is 5. The van der Waals surface area contributed by atoms with Gasteiger partial charge in [-0.15, -0.1) is 0 Å². The van der Waals surface area contributed by atoms with Gasteiger partial charge in [-0.1, -0.05) is 19.3 Å². The van der Waals surface area contributed by atoms with Gasteiger partial charge in [0.1, 0.15) is 17.0 Å². The van der Waals surface area contributed by atoms with Crippen LogP contribution < -0.4 is 5.32 Å². The molecule has 0 bridgehead atoms. The summed E-state index contributed by atoms with van der Waals surface area (Å²) < 4.78 is 16.2. The van der Waals surface area contributed by atoms with Crippen LogP contribution in [0.5, 0.6) is 0 Å². The fourth-order valence-electron chi connectivity index (χ4n) is 5.50. The monoisotopic (exact) mass is 532 g/mol. The first-order valence-corrected chi connectivity index (χ1v) is 13.3. The van der Waals surface area contributed by atoms with Crippen LogP contribution in [0.3, 0.4) is 0 Å². The van der Waals surface area contributed by atoms with Crippen LogP contribution in [-0.2, 0) is 4.79 Å². The first-order valence-electron chi connectivity index (χ1n) is 13.3. The Labute approximate surface area is 228 Å². The van der Waals surface area contributed by atoms with Crippen molar-refractivity contribution >= 4 is 33.5 Å². The molecule has 1 aromatic carbocycles. The number of amides is 1. The zero-order valence-electron chi connectivity index (χ0n) is 21.5. The second-order valence-corrected chi connectivity index (χ2v) is 10.1. The minimum Gasteiger partial charge on any atom is -0.336 e. The van der Waals surface area contributed by atoms with Gasteiger partial charge in [0.15, 0.2) is 5.82 Å². The molecule has 5 aromatic heterocycles. The highest BCUT2D eigenvalue weighted by molar-refractivity contribution is 5.98. The predicted molar refractivity (Wildman–Crippen MR) is 151 cm³/mol. The minimum absolute atomic E-state index is 0.00259. The molecule has 0 unspecified atom stereocenters. The number of aromatic nitrogens is 7. The number of H-pyrrole nitrogens is 2. The topological polar surface area (TPSA) is 125 Å². The van der Waals surface area contributed by atoms with E-state index in [4.69, 9.17) is 4.98 Å². The maximum Gasteiger partial charge on any atom is 0.227 e. The van der Waals surface area contributed by atoms with Gasteiger partial charge in [0, 0.05) is 47.4 Å². The van der Waals surface area contributed by atoms with Crippen LogP contribution >= 0.6 is 0 Å². The Morgan fingerprint density at radius 1 is 0.900 bits per heavy atom. The number of nitrogens with one attached hydrogen (secondary N) is 3. The molecule has 9 nitrogen and oxygen atoms in total. The standard InChI is InChI=1S/C30H25FN8O/c31-25-21(19-14-20(16-33-15-19)35-30(40)18-4-2-1-3-5-18)6-7-22-24(25)28(39-38-22)29-36-23-10-13-34-26(27(23)37-29)17-8-11-32-12-9-17/h6-16,18H,1-5H2,(H,35,40)(H,36,37)(H,38,39). The molecule has 0 aliphatic heterocycles. The van der Waals surface area contributed by atoms with E-state index in [1.54, 1.807) is 49.2 Å². The van der Waals surface area contributed by atoms with Crippen molar-refractivity contribution in [1.82, 2.24) is 35.1 Å². The summed E-state index contributed by atoms with van der Waals surface area (Å²) in [6.45, 7) is 0. The molecule has 5 heterocycles. The van der Waals surface area contributed by atoms with E-state index in [-0.39, 0.29) is 11.8 Å². The van der Waals surface area contributed by atoms with Gasteiger partial charge in [-0.3, -0.25) is 24.8 Å². The lowest BCUT2D eigenvalue weighted by Gasteiger charge is -2.20. The van der Waals surface area contributed by atoms with Gasteiger partial charge in [0.2, 0.25) is 5.91 Å². The van der Waals surface area contributed by atoms with Gasteiger partial charge in [0.05, 0.1) is 34.0 Å². The zero-order valence-corrected chi connectivity index (χ0v) is 21.5. The van der Waals surface area contributed by atoms with Gasteiger partial charge in [0.25, 0.3) is 0 Å². The van der Waals surface area contributed by atoms with E-state index in [9.17, 15) is 4.79 Å². The van der Waals surface area contributed by atoms with Crippen LogP contribution in [-0.4, -0.2) is 41.0 Å². The summed E-state index contributed by atoms with van der Waals surface area (Å²) in [5.74, 6) is -0.0201. The van der Waals surface area contributed by atoms with Gasteiger partial charge < -0.3 is 10.3 Å². The van der Waals surface area contributed by atoms with Gasteiger partial charge in [-0.25, -0.2) is 9.37 Å². The highest BCUT2D eigenvalue weighted by Gasteiger charge is 2.23. The Morgan fingerprint density at radius 3 is 2.60 bits per heavy atom. The van der Waals surface area contributed by atoms with E-state index >= 15 is 4.39 Å². The SMILES string of the molecule is O=C(Nc1cncc(-c2ccc3[nH]nc(-c4nc5c(-c6ccncc6)nccc5[nH]4)c3c2F)c1)C1CCCCC1. The molecule has 1 aliphatic rings. The number of pyridine rings is 3. The van der Waals surface area contributed by atoms with Crippen LogP contribution in [0.1, 0.15) is 32.1 Å². The molecule has 40 heavy (non-hydrogen) atoms. The number of carbonyl (C=O) groups excluding carboxylic acids is 1. The highest BCUT2D eigenvalue weighted by Crippen LogP contribution is 2.35. The Balaban J connectivity index is 1.26. The number of fused-ring (bicyclic) bond motifs is 2. The minimum atomic E-state index is -0.452. The summed E-state index contributed by atoms with van der Waals surface area (Å²) in [5.41, 5.74) is 5.35. The van der Waals surface area contributed by atoms with Crippen molar-refractivity contribution in [2.75, 3.05) is 5.32 Å². The lowest BCUT2D eigenvalue weighted by molar-refractivity contribution is -0.120. The molecular weight excluding hydrogens is 507 g/mol. The van der Waals surface area contributed by atoms with E-state index in [0.29, 0.717) is 50.4 Å². The first kappa shape index (κ1) is 24.1. The van der Waals surface area contributed by atoms with Crippen molar-refractivity contribution < 1.29 is 9.18 Å². The summed E-state index contributed by atoms with van der Waals surface area (Å²) in [7, 11) is 0. The molecule has 0 radical (unpaired) electrons. The molecule has 1 fully saturated rings. The molecular formula is C30H25FN8O. The van der Waals surface area contributed by atoms with Crippen molar-refractivity contribution in [1.29, 1.82) is 0 Å². The van der Waals surface area contributed by atoms with Crippen molar-refractivity contribution in [3.05, 3.63) is 73.2 Å². The van der Waals surface area contributed by atoms with Crippen molar-refractivity contribution in [2.45, 2.75) is 32.1 Å². The predicted octanol–water partition coefficient (Wildman–Crippen LogP) is 6.28. The van der Waals surface area contributed by atoms with Crippen LogP contribution in [0.25, 0.3) is 55.8 Å². The van der Waals surface area contributed by atoms with Gasteiger partial charge >= 0.3 is 0 Å². The number of carbonyl (C=O) groups is 1. The first-order chi connectivity index (χ1) is 19.7. The van der Waals surface area contributed by atoms with E-state index in [1.807, 2.05) is 18.2 Å². The second-order valence-electron chi connectivity index (χ2n) is 10.1. The van der Waals surface area contributed by atoms with Crippen LogP contribution in [0.4, 0.5) is 10.1 Å². The normalized spacial score (nSPS) is 14.1. The van der Waals surface area contributed by atoms with Gasteiger partial charge in [-0.05, 0) is 49.2 Å². The number of aromatic amines is 2. The molecule has 198 valence electrons. The summed E-state index contributed by atoms with van der Waals surface area (Å²) in [6, 6.07) is 10.8. The summed E-state index contributed by atoms with van der Waals surface area (Å²) in [4.78, 5) is 33.7. The Kier molecular flexibility index (Phi) is 5.99. The summed E-state index contributed by atoms with van der Waals surface area (Å²) >= 11 is 0. The average Bonchev–Trinajstić information content (AvgIpc) is 3.63. The van der Waals surface area contributed by atoms with E-state index < -0.39 is 5.82 Å². The summed E-state index contributed by atoms with van der Waals surface area (Å²) in [5, 5.41) is 10.6. The third-order valence-electron chi connectivity index (χ3n) is 7.54. The molecule has 1 saturated carbocycles. The molecule has 7 rings (SSSR count). The number of hydrogen-bond donors (Lipinski definition) is 3. The number of hydrogen-bond acceptors (Lipinski definition) is 6. The third-order valence-corrected chi connectivity index (χ3v) is 7.54. The fourth-order valence-corrected chi connectivity index (χ4v) is 5.50. The van der Waals surface area contributed by atoms with E-state index in [1.165, 1.54) is 6.42 Å². The number of rotatable bonds is 5. The lowest BCUT2D eigenvalue weighted by atomic mass is 9.88. The van der Waals surface area contributed by atoms with E-state index in [0.717, 1.165) is 36.8 Å². The fraction of sp³-hybridized carbons (Fsp3) is 0.200. The Bertz CT molecular complexity index is 1860. The molecule has 10 heteroatoms. The molecule has 3 N–H and O–H groups in total. The average molecular weight is 533 g/mol. The molecule has 0 spiro atoms. The van der Waals surface area contributed by atoms with Crippen LogP contribution in [0.2, 0.25) is 0 Å². The maximum absolute atomic E-state index is 16.2. The third kappa shape index (κ3) is 4.27. The number of anilines is 1. The van der Waals surface area contributed by atoms with Crippen molar-refractivity contribution in [3.8, 4) is 33.9 Å². The lowest BCUT2D eigenvalue weighted by Crippen LogP contribution is -2.24. The van der Waals surface area contributed by atoms with Crippen LogP contribution in [0, 0.1) is 11.7 Å². The number of halogens is 1. The molecule has 6 aromatic rings. The van der Waals surface area contributed by atoms with Crippen LogP contribution in [0.15, 0.2) is 67.4 Å². The van der Waals surface area contributed by atoms with Crippen molar-refractivity contribution in [2.24, 2.45) is 5.92 Å². The largest absolute Gasteiger partial charge is 0.336 e. The van der Waals surface area contributed by atoms with E-state index in [2.05, 4.69) is 35.5 Å². The molecule has 0 saturated heterocycles. The zero-order chi connectivity index (χ0) is 27.1. The summed E-state index contributed by atoms with van der Waals surface area (Å²) in [6.07, 6.45) is 13.4. The second kappa shape index (κ2) is 9.96. The maximum atomic E-state index is 16.2. The number of imidazole rings is 1. The Hall–Kier alpha value is -4.99. The Morgan fingerprint density at radius 2 is 1.75 bits per heavy atom. The molecule has 0 atom stereocenters. The smallest absolute Gasteiger partial charge is 0.227 e. The number of benzene rings is 1.